The molecule has 0 heterocycles. The average molecular weight is 255 g/mol. The third kappa shape index (κ3) is 3.68. The number of rotatable bonds is 5. The molecular weight excluding hydrogens is 233 g/mol. The molecule has 0 aliphatic rings. The van der Waals surface area contributed by atoms with Crippen molar-refractivity contribution in [3.63, 3.8) is 0 Å². The van der Waals surface area contributed by atoms with Crippen LogP contribution in [0.2, 0.25) is 0 Å². The topological polar surface area (TPSA) is 55.5 Å². The summed E-state index contributed by atoms with van der Waals surface area (Å²) >= 11 is 0. The molecule has 0 aliphatic heterocycles. The molecule has 0 bridgehead atoms. The molecule has 0 aliphatic carbocycles. The second kappa shape index (κ2) is 5.67. The molecule has 0 saturated heterocycles. The molecule has 3 N–H and O–H groups in total. The van der Waals surface area contributed by atoms with Gasteiger partial charge in [-0.15, -0.1) is 0 Å². The minimum Gasteiger partial charge on any atom is -0.488 e. The van der Waals surface area contributed by atoms with Crippen LogP contribution in [0, 0.1) is 11.7 Å². The van der Waals surface area contributed by atoms with E-state index in [4.69, 9.17) is 10.5 Å². The normalized spacial score (nSPS) is 16.4. The summed E-state index contributed by atoms with van der Waals surface area (Å²) in [6, 6.07) is 4.43. The van der Waals surface area contributed by atoms with E-state index in [-0.39, 0.29) is 24.3 Å². The van der Waals surface area contributed by atoms with E-state index in [0.29, 0.717) is 0 Å². The van der Waals surface area contributed by atoms with Crippen LogP contribution in [0.15, 0.2) is 18.2 Å². The second-order valence-electron chi connectivity index (χ2n) is 5.28. The van der Waals surface area contributed by atoms with Crippen molar-refractivity contribution in [3.05, 3.63) is 29.6 Å². The van der Waals surface area contributed by atoms with Gasteiger partial charge in [0.2, 0.25) is 0 Å². The molecule has 0 amide bonds. The summed E-state index contributed by atoms with van der Waals surface area (Å²) in [5.41, 5.74) is 5.41. The Morgan fingerprint density at radius 3 is 2.44 bits per heavy atom. The monoisotopic (exact) mass is 255 g/mol. The third-order valence-corrected chi connectivity index (χ3v) is 3.25. The van der Waals surface area contributed by atoms with E-state index in [2.05, 4.69) is 0 Å². The molecular formula is C14H22FNO2. The summed E-state index contributed by atoms with van der Waals surface area (Å²) in [4.78, 5) is 0. The Balaban J connectivity index is 2.75. The van der Waals surface area contributed by atoms with Crippen molar-refractivity contribution in [1.29, 1.82) is 0 Å². The van der Waals surface area contributed by atoms with Crippen LogP contribution in [-0.2, 0) is 0 Å². The summed E-state index contributed by atoms with van der Waals surface area (Å²) in [5.74, 6) is -0.284. The average Bonchev–Trinajstić information content (AvgIpc) is 2.26. The van der Waals surface area contributed by atoms with Crippen molar-refractivity contribution >= 4 is 0 Å². The SMILES string of the molecule is CC(N)c1ccc(OCC(C)(O)C(C)C)c(F)c1. The maximum atomic E-state index is 13.7. The second-order valence-corrected chi connectivity index (χ2v) is 5.28. The maximum absolute atomic E-state index is 13.7. The first-order valence-corrected chi connectivity index (χ1v) is 6.14. The molecule has 2 unspecified atom stereocenters. The first kappa shape index (κ1) is 14.9. The van der Waals surface area contributed by atoms with Gasteiger partial charge in [0.05, 0.1) is 5.60 Å². The minimum absolute atomic E-state index is 0.0314. The molecule has 1 aromatic rings. The molecule has 3 nitrogen and oxygen atoms in total. The van der Waals surface area contributed by atoms with Crippen molar-refractivity contribution in [1.82, 2.24) is 0 Å². The Hall–Kier alpha value is -1.13. The van der Waals surface area contributed by atoms with Crippen molar-refractivity contribution in [2.24, 2.45) is 11.7 Å². The standard InChI is InChI=1S/C14H22FNO2/c1-9(2)14(4,17)8-18-13-6-5-11(10(3)16)7-12(13)15/h5-7,9-10,17H,8,16H2,1-4H3. The van der Waals surface area contributed by atoms with E-state index in [1.54, 1.807) is 26.0 Å². The predicted molar refractivity (Wildman–Crippen MR) is 70.0 cm³/mol. The third-order valence-electron chi connectivity index (χ3n) is 3.25. The van der Waals surface area contributed by atoms with Crippen LogP contribution in [0.4, 0.5) is 4.39 Å². The lowest BCUT2D eigenvalue weighted by atomic mass is 9.94. The Bertz CT molecular complexity index is 403. The number of benzene rings is 1. The molecule has 1 rings (SSSR count). The molecule has 2 atom stereocenters. The molecule has 4 heteroatoms. The predicted octanol–water partition coefficient (Wildman–Crippen LogP) is 2.63. The minimum atomic E-state index is -0.980. The Labute approximate surface area is 108 Å². The maximum Gasteiger partial charge on any atom is 0.165 e. The number of nitrogens with two attached hydrogens (primary N) is 1. The van der Waals surface area contributed by atoms with Gasteiger partial charge in [0.1, 0.15) is 6.61 Å². The largest absolute Gasteiger partial charge is 0.488 e. The zero-order chi connectivity index (χ0) is 13.9. The van der Waals surface area contributed by atoms with Gasteiger partial charge in [-0.25, -0.2) is 4.39 Å². The van der Waals surface area contributed by atoms with Gasteiger partial charge in [0.25, 0.3) is 0 Å². The summed E-state index contributed by atoms with van der Waals surface area (Å²) in [7, 11) is 0. The zero-order valence-corrected chi connectivity index (χ0v) is 11.4. The summed E-state index contributed by atoms with van der Waals surface area (Å²) < 4.78 is 19.1. The van der Waals surface area contributed by atoms with Crippen LogP contribution >= 0.6 is 0 Å². The lowest BCUT2D eigenvalue weighted by molar-refractivity contribution is -0.0275. The number of aliphatic hydroxyl groups is 1. The lowest BCUT2D eigenvalue weighted by Crippen LogP contribution is -2.37. The van der Waals surface area contributed by atoms with Gasteiger partial charge in [-0.05, 0) is 37.5 Å². The summed E-state index contributed by atoms with van der Waals surface area (Å²) in [6.07, 6.45) is 0. The lowest BCUT2D eigenvalue weighted by Gasteiger charge is -2.27. The van der Waals surface area contributed by atoms with Crippen molar-refractivity contribution in [2.45, 2.75) is 39.3 Å². The fourth-order valence-corrected chi connectivity index (χ4v) is 1.31. The van der Waals surface area contributed by atoms with Crippen LogP contribution in [0.25, 0.3) is 0 Å². The Morgan fingerprint density at radius 2 is 2.00 bits per heavy atom. The van der Waals surface area contributed by atoms with Gasteiger partial charge in [-0.2, -0.15) is 0 Å². The van der Waals surface area contributed by atoms with E-state index in [1.165, 1.54) is 6.07 Å². The van der Waals surface area contributed by atoms with E-state index in [1.807, 2.05) is 13.8 Å². The first-order valence-electron chi connectivity index (χ1n) is 6.14. The van der Waals surface area contributed by atoms with Gasteiger partial charge in [-0.1, -0.05) is 19.9 Å². The van der Waals surface area contributed by atoms with Crippen molar-refractivity contribution in [2.75, 3.05) is 6.61 Å². The molecule has 18 heavy (non-hydrogen) atoms. The van der Waals surface area contributed by atoms with Crippen LogP contribution in [0.5, 0.6) is 5.75 Å². The van der Waals surface area contributed by atoms with E-state index < -0.39 is 11.4 Å². The quantitative estimate of drug-likeness (QED) is 0.850. The molecule has 0 spiro atoms. The Morgan fingerprint density at radius 1 is 1.39 bits per heavy atom. The number of hydrogen-bond donors (Lipinski definition) is 2. The summed E-state index contributed by atoms with van der Waals surface area (Å²) in [6.45, 7) is 7.29. The van der Waals surface area contributed by atoms with Crippen LogP contribution < -0.4 is 10.5 Å². The Kier molecular flexibility index (Phi) is 4.71. The van der Waals surface area contributed by atoms with Crippen LogP contribution in [-0.4, -0.2) is 17.3 Å². The van der Waals surface area contributed by atoms with Gasteiger partial charge < -0.3 is 15.6 Å². The number of hydrogen-bond acceptors (Lipinski definition) is 3. The van der Waals surface area contributed by atoms with E-state index in [0.717, 1.165) is 5.56 Å². The molecule has 0 radical (unpaired) electrons. The molecule has 0 fully saturated rings. The van der Waals surface area contributed by atoms with E-state index in [9.17, 15) is 9.50 Å². The zero-order valence-electron chi connectivity index (χ0n) is 11.4. The highest BCUT2D eigenvalue weighted by Gasteiger charge is 2.26. The number of ether oxygens (including phenoxy) is 1. The van der Waals surface area contributed by atoms with E-state index >= 15 is 0 Å². The fourth-order valence-electron chi connectivity index (χ4n) is 1.31. The van der Waals surface area contributed by atoms with Gasteiger partial charge >= 0.3 is 0 Å². The summed E-state index contributed by atoms with van der Waals surface area (Å²) in [5, 5.41) is 10.0. The van der Waals surface area contributed by atoms with Crippen molar-refractivity contribution < 1.29 is 14.2 Å². The van der Waals surface area contributed by atoms with Gasteiger partial charge in [-0.3, -0.25) is 0 Å². The molecule has 1 aromatic carbocycles. The highest BCUT2D eigenvalue weighted by Crippen LogP contribution is 2.23. The first-order chi connectivity index (χ1) is 8.24. The van der Waals surface area contributed by atoms with Gasteiger partial charge in [0.15, 0.2) is 11.6 Å². The smallest absolute Gasteiger partial charge is 0.165 e. The fraction of sp³-hybridized carbons (Fsp3) is 0.571. The molecule has 0 saturated carbocycles. The molecule has 0 aromatic heterocycles. The molecule has 102 valence electrons. The van der Waals surface area contributed by atoms with Crippen LogP contribution in [0.3, 0.4) is 0 Å². The van der Waals surface area contributed by atoms with Crippen molar-refractivity contribution in [3.8, 4) is 5.75 Å². The highest BCUT2D eigenvalue weighted by molar-refractivity contribution is 5.30. The van der Waals surface area contributed by atoms with Gasteiger partial charge in [0, 0.05) is 6.04 Å². The van der Waals surface area contributed by atoms with Crippen LogP contribution in [0.1, 0.15) is 39.3 Å². The highest BCUT2D eigenvalue weighted by atomic mass is 19.1. The number of halogens is 1.